The topological polar surface area (TPSA) is 52.0 Å². The van der Waals surface area contributed by atoms with Crippen molar-refractivity contribution in [1.29, 1.82) is 0 Å². The Kier molecular flexibility index (Phi) is 3.77. The predicted molar refractivity (Wildman–Crippen MR) is 86.5 cm³/mol. The molecule has 0 atom stereocenters. The van der Waals surface area contributed by atoms with Crippen molar-refractivity contribution in [1.82, 2.24) is 9.55 Å². The molecule has 3 aromatic rings. The number of para-hydroxylation sites is 1. The maximum atomic E-state index is 11.9. The van der Waals surface area contributed by atoms with Crippen molar-refractivity contribution in [3.8, 4) is 5.69 Å². The molecule has 0 saturated carbocycles. The summed E-state index contributed by atoms with van der Waals surface area (Å²) in [5.74, 6) is 1.20. The number of hydrogen-bond donors (Lipinski definition) is 0. The number of sulfone groups is 1. The molecular formula is C14H13ClN2O2S2. The highest BCUT2D eigenvalue weighted by Crippen LogP contribution is 2.28. The van der Waals surface area contributed by atoms with Gasteiger partial charge in [-0.2, -0.15) is 11.3 Å². The number of alkyl halides is 1. The average Bonchev–Trinajstić information content (AvgIpc) is 3.03. The molecule has 0 saturated heterocycles. The van der Waals surface area contributed by atoms with Gasteiger partial charge in [0.05, 0.1) is 16.1 Å². The number of imidazole rings is 1. The van der Waals surface area contributed by atoms with Crippen LogP contribution in [0.15, 0.2) is 39.9 Å². The second kappa shape index (κ2) is 5.44. The van der Waals surface area contributed by atoms with Gasteiger partial charge in [-0.25, -0.2) is 13.4 Å². The van der Waals surface area contributed by atoms with Crippen molar-refractivity contribution in [2.45, 2.75) is 11.3 Å². The Morgan fingerprint density at radius 2 is 2.14 bits per heavy atom. The van der Waals surface area contributed by atoms with Crippen LogP contribution < -0.4 is 0 Å². The van der Waals surface area contributed by atoms with Gasteiger partial charge in [-0.3, -0.25) is 4.57 Å². The molecule has 0 aliphatic heterocycles. The first kappa shape index (κ1) is 14.6. The molecule has 0 bridgehead atoms. The number of rotatable bonds is 4. The Hall–Kier alpha value is -1.37. The minimum absolute atomic E-state index is 0.254. The van der Waals surface area contributed by atoms with Crippen molar-refractivity contribution >= 4 is 43.8 Å². The summed E-state index contributed by atoms with van der Waals surface area (Å²) in [5, 5.41) is 3.98. The fourth-order valence-corrected chi connectivity index (χ4v) is 3.96. The highest BCUT2D eigenvalue weighted by atomic mass is 35.5. The number of halogens is 1. The van der Waals surface area contributed by atoms with E-state index in [2.05, 4.69) is 4.98 Å². The van der Waals surface area contributed by atoms with E-state index >= 15 is 0 Å². The van der Waals surface area contributed by atoms with Gasteiger partial charge in [-0.05, 0) is 23.6 Å². The number of aromatic nitrogens is 2. The SMILES string of the molecule is CS(=O)(=O)c1cccc2c1nc(CCCl)n2-c1ccsc1. The van der Waals surface area contributed by atoms with Gasteiger partial charge in [-0.1, -0.05) is 6.07 Å². The van der Waals surface area contributed by atoms with Crippen molar-refractivity contribution < 1.29 is 8.42 Å². The molecule has 0 amide bonds. The summed E-state index contributed by atoms with van der Waals surface area (Å²) >= 11 is 7.44. The fourth-order valence-electron chi connectivity index (χ4n) is 2.35. The molecule has 21 heavy (non-hydrogen) atoms. The third kappa shape index (κ3) is 2.59. The van der Waals surface area contributed by atoms with Gasteiger partial charge in [0.1, 0.15) is 11.3 Å². The van der Waals surface area contributed by atoms with E-state index in [9.17, 15) is 8.42 Å². The first-order valence-corrected chi connectivity index (χ1v) is 9.68. The second-order valence-corrected chi connectivity index (χ2v) is 7.82. The standard InChI is InChI=1S/C14H13ClN2O2S2/c1-21(18,19)12-4-2-3-11-14(12)16-13(5-7-15)17(11)10-6-8-20-9-10/h2-4,6,8-9H,5,7H2,1H3. The quantitative estimate of drug-likeness (QED) is 0.685. The van der Waals surface area contributed by atoms with Gasteiger partial charge in [0.15, 0.2) is 9.84 Å². The fraction of sp³-hybridized carbons (Fsp3) is 0.214. The van der Waals surface area contributed by atoms with E-state index in [4.69, 9.17) is 11.6 Å². The number of benzene rings is 1. The van der Waals surface area contributed by atoms with Gasteiger partial charge in [0.25, 0.3) is 0 Å². The first-order valence-electron chi connectivity index (χ1n) is 6.31. The van der Waals surface area contributed by atoms with E-state index in [1.165, 1.54) is 6.26 Å². The van der Waals surface area contributed by atoms with E-state index in [0.717, 1.165) is 17.0 Å². The molecule has 0 aliphatic rings. The summed E-state index contributed by atoms with van der Waals surface area (Å²) in [6.07, 6.45) is 1.78. The number of nitrogens with zero attached hydrogens (tertiary/aromatic N) is 2. The van der Waals surface area contributed by atoms with Crippen LogP contribution >= 0.6 is 22.9 Å². The van der Waals surface area contributed by atoms with Gasteiger partial charge in [0, 0.05) is 23.9 Å². The van der Waals surface area contributed by atoms with Crippen LogP contribution in [0.5, 0.6) is 0 Å². The van der Waals surface area contributed by atoms with E-state index in [0.29, 0.717) is 17.8 Å². The molecule has 2 heterocycles. The molecule has 2 aromatic heterocycles. The molecule has 0 fully saturated rings. The largest absolute Gasteiger partial charge is 0.295 e. The Morgan fingerprint density at radius 1 is 1.33 bits per heavy atom. The van der Waals surface area contributed by atoms with Crippen LogP contribution in [0.25, 0.3) is 16.7 Å². The zero-order valence-corrected chi connectivity index (χ0v) is 13.7. The van der Waals surface area contributed by atoms with Crippen molar-refractivity contribution in [2.75, 3.05) is 12.1 Å². The normalized spacial score (nSPS) is 12.1. The number of hydrogen-bond acceptors (Lipinski definition) is 4. The molecule has 1 aromatic carbocycles. The van der Waals surface area contributed by atoms with Gasteiger partial charge >= 0.3 is 0 Å². The Labute approximate surface area is 131 Å². The van der Waals surface area contributed by atoms with E-state index in [-0.39, 0.29) is 4.90 Å². The number of thiophene rings is 1. The molecule has 7 heteroatoms. The van der Waals surface area contributed by atoms with E-state index in [1.807, 2.05) is 27.5 Å². The molecule has 0 unspecified atom stereocenters. The summed E-state index contributed by atoms with van der Waals surface area (Å²) in [6, 6.07) is 7.20. The number of fused-ring (bicyclic) bond motifs is 1. The first-order chi connectivity index (χ1) is 10.0. The van der Waals surface area contributed by atoms with Crippen LogP contribution in [0.1, 0.15) is 5.82 Å². The zero-order chi connectivity index (χ0) is 15.0. The van der Waals surface area contributed by atoms with Crippen LogP contribution in [0.3, 0.4) is 0 Å². The molecule has 0 radical (unpaired) electrons. The Balaban J connectivity index is 2.38. The Bertz CT molecular complexity index is 883. The zero-order valence-electron chi connectivity index (χ0n) is 11.3. The average molecular weight is 341 g/mol. The van der Waals surface area contributed by atoms with Crippen molar-refractivity contribution in [2.24, 2.45) is 0 Å². The predicted octanol–water partition coefficient (Wildman–Crippen LogP) is 3.27. The molecular weight excluding hydrogens is 328 g/mol. The van der Waals surface area contributed by atoms with Crippen LogP contribution in [-0.2, 0) is 16.3 Å². The lowest BCUT2D eigenvalue weighted by molar-refractivity contribution is 0.602. The number of aryl methyl sites for hydroxylation is 1. The lowest BCUT2D eigenvalue weighted by Crippen LogP contribution is -2.00. The maximum absolute atomic E-state index is 11.9. The molecule has 4 nitrogen and oxygen atoms in total. The minimum Gasteiger partial charge on any atom is -0.295 e. The minimum atomic E-state index is -3.32. The van der Waals surface area contributed by atoms with Crippen LogP contribution in [0.2, 0.25) is 0 Å². The van der Waals surface area contributed by atoms with Gasteiger partial charge in [-0.15, -0.1) is 11.6 Å². The summed E-state index contributed by atoms with van der Waals surface area (Å²) in [6.45, 7) is 0. The van der Waals surface area contributed by atoms with Gasteiger partial charge < -0.3 is 0 Å². The van der Waals surface area contributed by atoms with Crippen molar-refractivity contribution in [3.05, 3.63) is 40.8 Å². The van der Waals surface area contributed by atoms with Crippen LogP contribution in [0, 0.1) is 0 Å². The molecule has 3 rings (SSSR count). The second-order valence-electron chi connectivity index (χ2n) is 4.68. The Morgan fingerprint density at radius 3 is 2.76 bits per heavy atom. The molecule has 110 valence electrons. The van der Waals surface area contributed by atoms with Crippen molar-refractivity contribution in [3.63, 3.8) is 0 Å². The monoisotopic (exact) mass is 340 g/mol. The van der Waals surface area contributed by atoms with Gasteiger partial charge in [0.2, 0.25) is 0 Å². The van der Waals surface area contributed by atoms with E-state index in [1.54, 1.807) is 23.5 Å². The molecule has 0 spiro atoms. The third-order valence-electron chi connectivity index (χ3n) is 3.20. The third-order valence-corrected chi connectivity index (χ3v) is 5.19. The smallest absolute Gasteiger partial charge is 0.177 e. The lowest BCUT2D eigenvalue weighted by atomic mass is 10.3. The van der Waals surface area contributed by atoms with E-state index < -0.39 is 9.84 Å². The lowest BCUT2D eigenvalue weighted by Gasteiger charge is -2.06. The van der Waals surface area contributed by atoms with Crippen LogP contribution in [-0.4, -0.2) is 30.1 Å². The molecule has 0 aliphatic carbocycles. The van der Waals surface area contributed by atoms with Crippen LogP contribution in [0.4, 0.5) is 0 Å². The highest BCUT2D eigenvalue weighted by molar-refractivity contribution is 7.91. The summed E-state index contributed by atoms with van der Waals surface area (Å²) in [7, 11) is -3.32. The highest BCUT2D eigenvalue weighted by Gasteiger charge is 2.19. The maximum Gasteiger partial charge on any atom is 0.177 e. The summed E-state index contributed by atoms with van der Waals surface area (Å²) in [4.78, 5) is 4.78. The molecule has 0 N–H and O–H groups in total. The summed E-state index contributed by atoms with van der Waals surface area (Å²) < 4.78 is 25.9. The summed E-state index contributed by atoms with van der Waals surface area (Å²) in [5.41, 5.74) is 2.27.